The number of hydrogen-bond donors (Lipinski definition) is 1. The van der Waals surface area contributed by atoms with Gasteiger partial charge in [-0.3, -0.25) is 0 Å². The van der Waals surface area contributed by atoms with Gasteiger partial charge < -0.3 is 9.84 Å². The van der Waals surface area contributed by atoms with Crippen molar-refractivity contribution in [3.8, 4) is 5.75 Å². The molecule has 0 bridgehead atoms. The molecule has 1 aliphatic rings. The summed E-state index contributed by atoms with van der Waals surface area (Å²) in [6, 6.07) is 4.17. The monoisotopic (exact) mass is 230 g/mol. The second-order valence-electron chi connectivity index (χ2n) is 3.94. The Morgan fingerprint density at radius 1 is 1.47 bits per heavy atom. The van der Waals surface area contributed by atoms with E-state index in [1.54, 1.807) is 0 Å². The Morgan fingerprint density at radius 2 is 2.20 bits per heavy atom. The maximum Gasteiger partial charge on any atom is 0.142 e. The summed E-state index contributed by atoms with van der Waals surface area (Å²) >= 11 is 5.59. The topological polar surface area (TPSA) is 29.5 Å². The van der Waals surface area contributed by atoms with Crippen LogP contribution < -0.4 is 4.74 Å². The van der Waals surface area contributed by atoms with E-state index >= 15 is 0 Å². The third-order valence-corrected chi connectivity index (χ3v) is 2.97. The smallest absolute Gasteiger partial charge is 0.142 e. The Balaban J connectivity index is 1.96. The Morgan fingerprint density at radius 3 is 2.73 bits per heavy atom. The molecule has 0 aliphatic heterocycles. The van der Waals surface area contributed by atoms with Crippen LogP contribution in [0.4, 0.5) is 4.39 Å². The van der Waals surface area contributed by atoms with Crippen LogP contribution in [0.5, 0.6) is 5.75 Å². The fraction of sp³-hybridized carbons (Fsp3) is 0.455. The van der Waals surface area contributed by atoms with Crippen LogP contribution in [0.3, 0.4) is 0 Å². The minimum atomic E-state index is -0.694. The molecular formula is C11H12ClFO2. The van der Waals surface area contributed by atoms with Gasteiger partial charge in [0.2, 0.25) is 0 Å². The predicted molar refractivity (Wildman–Crippen MR) is 55.7 cm³/mol. The highest BCUT2D eigenvalue weighted by molar-refractivity contribution is 6.30. The molecule has 1 saturated carbocycles. The quantitative estimate of drug-likeness (QED) is 0.865. The van der Waals surface area contributed by atoms with E-state index < -0.39 is 11.4 Å². The van der Waals surface area contributed by atoms with E-state index in [4.69, 9.17) is 16.3 Å². The number of aliphatic hydroxyl groups is 1. The predicted octanol–water partition coefficient (Wildman–Crippen LogP) is 2.77. The standard InChI is InChI=1S/C11H12ClFO2/c12-9-6-8(2-3-10(9)13)15-7-11(14)4-1-5-11/h2-3,6,14H,1,4-5,7H2. The van der Waals surface area contributed by atoms with Crippen LogP contribution in [0.1, 0.15) is 19.3 Å². The number of ether oxygens (including phenoxy) is 1. The zero-order chi connectivity index (χ0) is 10.9. The lowest BCUT2D eigenvalue weighted by Crippen LogP contribution is -2.42. The molecule has 0 heterocycles. The minimum absolute atomic E-state index is 0.0353. The van der Waals surface area contributed by atoms with E-state index in [1.807, 2.05) is 0 Å². The number of halogens is 2. The normalized spacial score (nSPS) is 18.3. The summed E-state index contributed by atoms with van der Waals surface area (Å²) in [5.74, 6) is 0.0214. The highest BCUT2D eigenvalue weighted by atomic mass is 35.5. The van der Waals surface area contributed by atoms with Crippen molar-refractivity contribution >= 4 is 11.6 Å². The van der Waals surface area contributed by atoms with Gasteiger partial charge in [-0.25, -0.2) is 4.39 Å². The zero-order valence-corrected chi connectivity index (χ0v) is 8.93. The van der Waals surface area contributed by atoms with Crippen LogP contribution in [0.25, 0.3) is 0 Å². The van der Waals surface area contributed by atoms with Gasteiger partial charge in [-0.15, -0.1) is 0 Å². The van der Waals surface area contributed by atoms with Gasteiger partial charge in [-0.05, 0) is 31.4 Å². The first kappa shape index (κ1) is 10.7. The summed E-state index contributed by atoms with van der Waals surface area (Å²) in [6.45, 7) is 0.245. The van der Waals surface area contributed by atoms with Crippen molar-refractivity contribution in [2.75, 3.05) is 6.61 Å². The summed E-state index contributed by atoms with van der Waals surface area (Å²) < 4.78 is 18.2. The molecular weight excluding hydrogens is 219 g/mol. The molecule has 0 atom stereocenters. The van der Waals surface area contributed by atoms with Crippen molar-refractivity contribution in [2.24, 2.45) is 0 Å². The largest absolute Gasteiger partial charge is 0.491 e. The van der Waals surface area contributed by atoms with Crippen molar-refractivity contribution in [1.29, 1.82) is 0 Å². The molecule has 0 unspecified atom stereocenters. The van der Waals surface area contributed by atoms with Crippen LogP contribution in [0.2, 0.25) is 5.02 Å². The second kappa shape index (κ2) is 3.99. The molecule has 15 heavy (non-hydrogen) atoms. The van der Waals surface area contributed by atoms with Crippen LogP contribution in [-0.2, 0) is 0 Å². The van der Waals surface area contributed by atoms with Crippen LogP contribution in [-0.4, -0.2) is 17.3 Å². The maximum absolute atomic E-state index is 12.8. The SMILES string of the molecule is OC1(COc2ccc(F)c(Cl)c2)CCC1. The molecule has 0 radical (unpaired) electrons. The van der Waals surface area contributed by atoms with E-state index in [-0.39, 0.29) is 11.6 Å². The molecule has 2 nitrogen and oxygen atoms in total. The van der Waals surface area contributed by atoms with Gasteiger partial charge in [0.15, 0.2) is 0 Å². The average Bonchev–Trinajstić information content (AvgIpc) is 2.17. The molecule has 0 saturated heterocycles. The van der Waals surface area contributed by atoms with E-state index in [2.05, 4.69) is 0 Å². The lowest BCUT2D eigenvalue weighted by molar-refractivity contribution is -0.0663. The minimum Gasteiger partial charge on any atom is -0.491 e. The third-order valence-electron chi connectivity index (χ3n) is 2.68. The van der Waals surface area contributed by atoms with Crippen molar-refractivity contribution in [3.63, 3.8) is 0 Å². The Hall–Kier alpha value is -0.800. The van der Waals surface area contributed by atoms with Gasteiger partial charge in [0.05, 0.1) is 10.6 Å². The molecule has 0 spiro atoms. The average molecular weight is 231 g/mol. The van der Waals surface area contributed by atoms with Crippen molar-refractivity contribution in [2.45, 2.75) is 24.9 Å². The number of benzene rings is 1. The Labute approximate surface area is 92.6 Å². The lowest BCUT2D eigenvalue weighted by atomic mass is 9.81. The van der Waals surface area contributed by atoms with E-state index in [0.717, 1.165) is 19.3 Å². The van der Waals surface area contributed by atoms with Crippen LogP contribution >= 0.6 is 11.6 Å². The molecule has 4 heteroatoms. The van der Waals surface area contributed by atoms with Gasteiger partial charge in [-0.1, -0.05) is 11.6 Å². The first-order valence-electron chi connectivity index (χ1n) is 4.89. The van der Waals surface area contributed by atoms with Gasteiger partial charge in [0.1, 0.15) is 18.2 Å². The van der Waals surface area contributed by atoms with Crippen LogP contribution in [0, 0.1) is 5.82 Å². The van der Waals surface area contributed by atoms with Crippen molar-refractivity contribution in [3.05, 3.63) is 29.0 Å². The van der Waals surface area contributed by atoms with Gasteiger partial charge >= 0.3 is 0 Å². The maximum atomic E-state index is 12.8. The summed E-state index contributed by atoms with van der Waals surface area (Å²) in [4.78, 5) is 0. The van der Waals surface area contributed by atoms with E-state index in [9.17, 15) is 9.50 Å². The first-order valence-corrected chi connectivity index (χ1v) is 5.27. The molecule has 0 aromatic heterocycles. The summed E-state index contributed by atoms with van der Waals surface area (Å²) in [5, 5.41) is 9.80. The van der Waals surface area contributed by atoms with Crippen molar-refractivity contribution in [1.82, 2.24) is 0 Å². The summed E-state index contributed by atoms with van der Waals surface area (Å²) in [7, 11) is 0. The van der Waals surface area contributed by atoms with Crippen LogP contribution in [0.15, 0.2) is 18.2 Å². The number of rotatable bonds is 3. The lowest BCUT2D eigenvalue weighted by Gasteiger charge is -2.35. The molecule has 1 aliphatic carbocycles. The third kappa shape index (κ3) is 2.41. The van der Waals surface area contributed by atoms with Gasteiger partial charge in [0, 0.05) is 6.07 Å². The molecule has 1 aromatic rings. The fourth-order valence-electron chi connectivity index (χ4n) is 1.51. The molecule has 1 fully saturated rings. The molecule has 0 amide bonds. The van der Waals surface area contributed by atoms with E-state index in [1.165, 1.54) is 18.2 Å². The summed E-state index contributed by atoms with van der Waals surface area (Å²) in [6.07, 6.45) is 2.56. The number of hydrogen-bond acceptors (Lipinski definition) is 2. The van der Waals surface area contributed by atoms with Gasteiger partial charge in [0.25, 0.3) is 0 Å². The highest BCUT2D eigenvalue weighted by Crippen LogP contribution is 2.32. The molecule has 82 valence electrons. The highest BCUT2D eigenvalue weighted by Gasteiger charge is 2.35. The Kier molecular flexibility index (Phi) is 2.85. The molecule has 1 N–H and O–H groups in total. The summed E-state index contributed by atoms with van der Waals surface area (Å²) in [5.41, 5.74) is -0.694. The Bertz CT molecular complexity index is 364. The second-order valence-corrected chi connectivity index (χ2v) is 4.35. The first-order chi connectivity index (χ1) is 7.09. The zero-order valence-electron chi connectivity index (χ0n) is 8.17. The molecule has 1 aromatic carbocycles. The molecule has 2 rings (SSSR count). The van der Waals surface area contributed by atoms with Crippen molar-refractivity contribution < 1.29 is 14.2 Å². The van der Waals surface area contributed by atoms with E-state index in [0.29, 0.717) is 5.75 Å². The fourth-order valence-corrected chi connectivity index (χ4v) is 1.68. The van der Waals surface area contributed by atoms with Gasteiger partial charge in [-0.2, -0.15) is 0 Å².